The van der Waals surface area contributed by atoms with E-state index in [0.717, 1.165) is 17.6 Å². The molecule has 5 rings (SSSR count). The summed E-state index contributed by atoms with van der Waals surface area (Å²) in [4.78, 5) is 40.3. The van der Waals surface area contributed by atoms with E-state index < -0.39 is 6.04 Å². The molecule has 184 valence electrons. The lowest BCUT2D eigenvalue weighted by Crippen LogP contribution is -2.57. The summed E-state index contributed by atoms with van der Waals surface area (Å²) in [6.45, 7) is 6.81. The number of amides is 3. The largest absolute Gasteiger partial charge is 0.353 e. The molecule has 1 saturated heterocycles. The molecule has 8 heteroatoms. The van der Waals surface area contributed by atoms with Gasteiger partial charge in [-0.25, -0.2) is 4.79 Å². The number of urea groups is 1. The minimum absolute atomic E-state index is 0.0274. The SMILES string of the molecule is CC(C)C(NC(=O)N1CC2CC(C1)c1cccc(=O)n1C2)C(=O)NCCn1ccc2ccccc21. The fraction of sp³-hybridized carbons (Fsp3) is 0.444. The van der Waals surface area contributed by atoms with Crippen LogP contribution in [0.15, 0.2) is 59.5 Å². The van der Waals surface area contributed by atoms with Gasteiger partial charge in [0.05, 0.1) is 0 Å². The van der Waals surface area contributed by atoms with Crippen molar-refractivity contribution >= 4 is 22.8 Å². The molecule has 0 aliphatic carbocycles. The number of para-hydroxylation sites is 1. The van der Waals surface area contributed by atoms with Crippen molar-refractivity contribution in [2.75, 3.05) is 19.6 Å². The van der Waals surface area contributed by atoms with Crippen LogP contribution in [0.1, 0.15) is 31.9 Å². The first-order valence-electron chi connectivity index (χ1n) is 12.5. The number of hydrogen-bond acceptors (Lipinski definition) is 3. The average Bonchev–Trinajstić information content (AvgIpc) is 3.26. The first-order chi connectivity index (χ1) is 16.9. The van der Waals surface area contributed by atoms with Crippen molar-refractivity contribution in [1.82, 2.24) is 24.7 Å². The Labute approximate surface area is 204 Å². The van der Waals surface area contributed by atoms with Crippen LogP contribution in [0.5, 0.6) is 0 Å². The van der Waals surface area contributed by atoms with E-state index in [0.29, 0.717) is 32.7 Å². The minimum atomic E-state index is -0.611. The molecule has 4 heterocycles. The van der Waals surface area contributed by atoms with Crippen molar-refractivity contribution < 1.29 is 9.59 Å². The summed E-state index contributed by atoms with van der Waals surface area (Å²) in [7, 11) is 0. The van der Waals surface area contributed by atoms with Gasteiger partial charge >= 0.3 is 6.03 Å². The lowest BCUT2D eigenvalue weighted by Gasteiger charge is -2.43. The molecule has 35 heavy (non-hydrogen) atoms. The summed E-state index contributed by atoms with van der Waals surface area (Å²) < 4.78 is 3.97. The van der Waals surface area contributed by atoms with Crippen molar-refractivity contribution in [2.24, 2.45) is 11.8 Å². The van der Waals surface area contributed by atoms with E-state index in [-0.39, 0.29) is 35.3 Å². The van der Waals surface area contributed by atoms with Crippen molar-refractivity contribution in [3.05, 3.63) is 70.8 Å². The van der Waals surface area contributed by atoms with Gasteiger partial charge in [-0.1, -0.05) is 38.1 Å². The number of aromatic nitrogens is 2. The Morgan fingerprint density at radius 3 is 2.69 bits per heavy atom. The van der Waals surface area contributed by atoms with E-state index in [1.165, 1.54) is 5.39 Å². The zero-order valence-corrected chi connectivity index (χ0v) is 20.3. The van der Waals surface area contributed by atoms with Gasteiger partial charge in [0.1, 0.15) is 6.04 Å². The van der Waals surface area contributed by atoms with Crippen LogP contribution >= 0.6 is 0 Å². The summed E-state index contributed by atoms with van der Waals surface area (Å²) in [6.07, 6.45) is 3.01. The second-order valence-corrected chi connectivity index (χ2v) is 10.1. The molecule has 2 aromatic heterocycles. The Balaban J connectivity index is 1.19. The molecule has 8 nitrogen and oxygen atoms in total. The molecule has 1 fully saturated rings. The van der Waals surface area contributed by atoms with Crippen molar-refractivity contribution in [1.29, 1.82) is 0 Å². The highest BCUT2D eigenvalue weighted by Gasteiger charge is 2.37. The first-order valence-corrected chi connectivity index (χ1v) is 12.5. The van der Waals surface area contributed by atoms with Gasteiger partial charge in [0.25, 0.3) is 5.56 Å². The highest BCUT2D eigenvalue weighted by atomic mass is 16.2. The number of hydrogen-bond donors (Lipinski definition) is 2. The van der Waals surface area contributed by atoms with E-state index in [2.05, 4.69) is 33.4 Å². The summed E-state index contributed by atoms with van der Waals surface area (Å²) in [5.74, 6) is 0.175. The monoisotopic (exact) mass is 475 g/mol. The van der Waals surface area contributed by atoms with E-state index in [4.69, 9.17) is 0 Å². The predicted octanol–water partition coefficient (Wildman–Crippen LogP) is 2.77. The van der Waals surface area contributed by atoms with E-state index in [1.54, 1.807) is 12.1 Å². The molecule has 3 atom stereocenters. The standard InChI is InChI=1S/C27H33N5O3/c1-18(2)25(26(34)28-11-13-30-12-10-20-6-3-4-7-22(20)30)29-27(35)31-15-19-14-21(17-31)23-8-5-9-24(33)32(23)16-19/h3-10,12,18-19,21,25H,11,13-17H2,1-2H3,(H,28,34)(H,29,35). The minimum Gasteiger partial charge on any atom is -0.353 e. The number of nitrogens with zero attached hydrogens (tertiary/aromatic N) is 3. The van der Waals surface area contributed by atoms with Crippen LogP contribution in [-0.4, -0.2) is 51.6 Å². The van der Waals surface area contributed by atoms with Crippen molar-refractivity contribution in [3.63, 3.8) is 0 Å². The fourth-order valence-corrected chi connectivity index (χ4v) is 5.57. The van der Waals surface area contributed by atoms with E-state index in [1.807, 2.05) is 47.7 Å². The van der Waals surface area contributed by atoms with Gasteiger partial charge in [0.15, 0.2) is 0 Å². The van der Waals surface area contributed by atoms with E-state index >= 15 is 0 Å². The van der Waals surface area contributed by atoms with Crippen molar-refractivity contribution in [2.45, 2.75) is 45.3 Å². The molecule has 2 aliphatic rings. The molecule has 3 unspecified atom stereocenters. The van der Waals surface area contributed by atoms with Crippen LogP contribution < -0.4 is 16.2 Å². The molecule has 2 N–H and O–H groups in total. The van der Waals surface area contributed by atoms with Crippen LogP contribution in [0.2, 0.25) is 0 Å². The summed E-state index contributed by atoms with van der Waals surface area (Å²) in [5, 5.41) is 7.16. The zero-order valence-electron chi connectivity index (χ0n) is 20.3. The number of pyridine rings is 1. The smallest absolute Gasteiger partial charge is 0.318 e. The number of benzene rings is 1. The number of piperidine rings is 1. The third-order valence-electron chi connectivity index (χ3n) is 7.33. The molecule has 2 aliphatic heterocycles. The number of nitrogens with one attached hydrogen (secondary N) is 2. The molecule has 2 bridgehead atoms. The first kappa shape index (κ1) is 23.2. The van der Waals surface area contributed by atoms with Gasteiger partial charge < -0.3 is 24.7 Å². The molecule has 0 saturated carbocycles. The Bertz CT molecular complexity index is 1290. The Morgan fingerprint density at radius 1 is 1.03 bits per heavy atom. The van der Waals surface area contributed by atoms with Gasteiger partial charge in [0, 0.05) is 62.1 Å². The maximum absolute atomic E-state index is 13.2. The quantitative estimate of drug-likeness (QED) is 0.575. The van der Waals surface area contributed by atoms with Gasteiger partial charge in [-0.3, -0.25) is 9.59 Å². The molecular weight excluding hydrogens is 442 g/mol. The number of carbonyl (C=O) groups is 2. The average molecular weight is 476 g/mol. The summed E-state index contributed by atoms with van der Waals surface area (Å²) >= 11 is 0. The number of rotatable bonds is 6. The molecular formula is C27H33N5O3. The second-order valence-electron chi connectivity index (χ2n) is 10.1. The topological polar surface area (TPSA) is 88.4 Å². The van der Waals surface area contributed by atoms with Gasteiger partial charge in [-0.15, -0.1) is 0 Å². The van der Waals surface area contributed by atoms with Crippen LogP contribution in [0.25, 0.3) is 10.9 Å². The molecule has 3 amide bonds. The second kappa shape index (κ2) is 9.60. The molecule has 0 radical (unpaired) electrons. The van der Waals surface area contributed by atoms with E-state index in [9.17, 15) is 14.4 Å². The number of likely N-dealkylation sites (tertiary alicyclic amines) is 1. The third kappa shape index (κ3) is 4.70. The maximum atomic E-state index is 13.2. The Hall–Kier alpha value is -3.55. The van der Waals surface area contributed by atoms with Crippen LogP contribution in [0, 0.1) is 11.8 Å². The number of fused-ring (bicyclic) bond motifs is 5. The predicted molar refractivity (Wildman–Crippen MR) is 135 cm³/mol. The molecule has 0 spiro atoms. The van der Waals surface area contributed by atoms with Crippen LogP contribution in [-0.2, 0) is 17.9 Å². The normalized spacial score (nSPS) is 19.9. The van der Waals surface area contributed by atoms with Crippen molar-refractivity contribution in [3.8, 4) is 0 Å². The molecule has 3 aromatic rings. The number of carbonyl (C=O) groups excluding carboxylic acids is 2. The highest BCUT2D eigenvalue weighted by molar-refractivity contribution is 5.87. The van der Waals surface area contributed by atoms with Gasteiger partial charge in [0.2, 0.25) is 5.91 Å². The van der Waals surface area contributed by atoms with Gasteiger partial charge in [-0.2, -0.15) is 0 Å². The molecule has 1 aromatic carbocycles. The van der Waals surface area contributed by atoms with Crippen LogP contribution in [0.3, 0.4) is 0 Å². The van der Waals surface area contributed by atoms with Crippen LogP contribution in [0.4, 0.5) is 4.79 Å². The Kier molecular flexibility index (Phi) is 6.36. The van der Waals surface area contributed by atoms with Gasteiger partial charge in [-0.05, 0) is 41.8 Å². The zero-order chi connectivity index (χ0) is 24.5. The Morgan fingerprint density at radius 2 is 1.86 bits per heavy atom. The highest BCUT2D eigenvalue weighted by Crippen LogP contribution is 2.34. The summed E-state index contributed by atoms with van der Waals surface area (Å²) in [5.41, 5.74) is 2.16. The summed E-state index contributed by atoms with van der Waals surface area (Å²) in [6, 6.07) is 14.8. The lowest BCUT2D eigenvalue weighted by molar-refractivity contribution is -0.124. The third-order valence-corrected chi connectivity index (χ3v) is 7.33. The fourth-order valence-electron chi connectivity index (χ4n) is 5.57. The maximum Gasteiger partial charge on any atom is 0.318 e. The lowest BCUT2D eigenvalue weighted by atomic mass is 9.83.